The molecule has 1 aliphatic carbocycles. The van der Waals surface area contributed by atoms with Gasteiger partial charge in [0.05, 0.1) is 17.1 Å². The topological polar surface area (TPSA) is 85.7 Å². The van der Waals surface area contributed by atoms with Crippen LogP contribution in [0.3, 0.4) is 0 Å². The zero-order valence-corrected chi connectivity index (χ0v) is 18.5. The van der Waals surface area contributed by atoms with Gasteiger partial charge >= 0.3 is 5.97 Å². The zero-order valence-electron chi connectivity index (χ0n) is 17.7. The Bertz CT molecular complexity index is 1060. The molecule has 166 valence electrons. The average molecular weight is 445 g/mol. The molecule has 0 N–H and O–H groups in total. The van der Waals surface area contributed by atoms with E-state index in [0.29, 0.717) is 12.0 Å². The van der Waals surface area contributed by atoms with E-state index in [1.807, 2.05) is 42.1 Å². The smallest absolute Gasteiger partial charge is 0.338 e. The minimum atomic E-state index is -3.11. The Morgan fingerprint density at radius 1 is 1.10 bits per heavy atom. The summed E-state index contributed by atoms with van der Waals surface area (Å²) in [5.41, 5.74) is 2.26. The summed E-state index contributed by atoms with van der Waals surface area (Å²) >= 11 is 0. The first-order chi connectivity index (χ1) is 14.8. The van der Waals surface area contributed by atoms with Crippen molar-refractivity contribution in [3.63, 3.8) is 0 Å². The third-order valence-corrected chi connectivity index (χ3v) is 8.01. The Morgan fingerprint density at radius 2 is 1.81 bits per heavy atom. The third kappa shape index (κ3) is 4.84. The molecule has 4 rings (SSSR count). The first-order valence-corrected chi connectivity index (χ1v) is 12.6. The maximum absolute atomic E-state index is 13.0. The monoisotopic (exact) mass is 444 g/mol. The highest BCUT2D eigenvalue weighted by Crippen LogP contribution is 2.29. The van der Waals surface area contributed by atoms with Crippen molar-refractivity contribution in [1.29, 1.82) is 0 Å². The number of sulfone groups is 1. The number of ether oxygens (including phenoxy) is 1. The van der Waals surface area contributed by atoms with Crippen molar-refractivity contribution in [2.75, 3.05) is 18.1 Å². The van der Waals surface area contributed by atoms with E-state index < -0.39 is 15.8 Å². The van der Waals surface area contributed by atoms with Gasteiger partial charge in [-0.25, -0.2) is 13.2 Å². The number of carbonyl (C=O) groups excluding carboxylic acids is 2. The number of esters is 1. The lowest BCUT2D eigenvalue weighted by Crippen LogP contribution is -2.48. The van der Waals surface area contributed by atoms with Crippen LogP contribution >= 0.6 is 0 Å². The largest absolute Gasteiger partial charge is 0.452 e. The van der Waals surface area contributed by atoms with Crippen molar-refractivity contribution in [2.24, 2.45) is 0 Å². The Labute approximate surface area is 182 Å². The molecule has 2 heterocycles. The van der Waals surface area contributed by atoms with E-state index in [1.165, 1.54) is 0 Å². The van der Waals surface area contributed by atoms with Gasteiger partial charge < -0.3 is 14.2 Å². The van der Waals surface area contributed by atoms with Gasteiger partial charge in [0.2, 0.25) is 0 Å². The molecule has 1 aliphatic heterocycles. The predicted octanol–water partition coefficient (Wildman–Crippen LogP) is 2.90. The quantitative estimate of drug-likeness (QED) is 0.640. The minimum absolute atomic E-state index is 0.00137. The summed E-state index contributed by atoms with van der Waals surface area (Å²) in [6.45, 7) is 1.59. The third-order valence-electron chi connectivity index (χ3n) is 6.26. The van der Waals surface area contributed by atoms with E-state index in [0.717, 1.165) is 36.9 Å². The number of carbonyl (C=O) groups is 2. The van der Waals surface area contributed by atoms with E-state index in [-0.39, 0.29) is 36.1 Å². The molecular weight excluding hydrogens is 416 g/mol. The highest BCUT2D eigenvalue weighted by Gasteiger charge is 2.39. The molecule has 1 saturated carbocycles. The fourth-order valence-electron chi connectivity index (χ4n) is 4.68. The standard InChI is InChI=1S/C23H28N2O5S/c1-17-8-9-18(14-21(17)24-11-4-5-12-24)23(27)30-15-22(26)25(19-6-2-3-7-19)20-10-13-31(28,29)16-20/h4-5,8-9,11-12,14,19-20H,2-3,6-7,10,13,15-16H2,1H3. The molecule has 1 amide bonds. The molecule has 31 heavy (non-hydrogen) atoms. The van der Waals surface area contributed by atoms with Gasteiger partial charge in [0.25, 0.3) is 5.91 Å². The van der Waals surface area contributed by atoms with Gasteiger partial charge in [-0.1, -0.05) is 18.9 Å². The molecule has 2 aromatic rings. The fraction of sp³-hybridized carbons (Fsp3) is 0.478. The first kappa shape index (κ1) is 21.6. The van der Waals surface area contributed by atoms with Crippen LogP contribution in [0.25, 0.3) is 5.69 Å². The fourth-order valence-corrected chi connectivity index (χ4v) is 6.39. The van der Waals surface area contributed by atoms with Crippen molar-refractivity contribution < 1.29 is 22.7 Å². The summed E-state index contributed by atoms with van der Waals surface area (Å²) in [7, 11) is -3.11. The van der Waals surface area contributed by atoms with Crippen molar-refractivity contribution in [1.82, 2.24) is 9.47 Å². The van der Waals surface area contributed by atoms with Gasteiger partial charge in [-0.15, -0.1) is 0 Å². The number of rotatable bonds is 6. The number of hydrogen-bond donors (Lipinski definition) is 0. The molecule has 1 aromatic heterocycles. The van der Waals surface area contributed by atoms with Crippen LogP contribution in [0.4, 0.5) is 0 Å². The van der Waals surface area contributed by atoms with Gasteiger partial charge in [0, 0.05) is 30.2 Å². The molecule has 2 fully saturated rings. The Kier molecular flexibility index (Phi) is 6.18. The first-order valence-electron chi connectivity index (χ1n) is 10.8. The van der Waals surface area contributed by atoms with Crippen LogP contribution in [0.5, 0.6) is 0 Å². The van der Waals surface area contributed by atoms with Gasteiger partial charge in [0.1, 0.15) is 0 Å². The Hall–Kier alpha value is -2.61. The summed E-state index contributed by atoms with van der Waals surface area (Å²) in [6.07, 6.45) is 8.05. The molecule has 0 bridgehead atoms. The van der Waals surface area contributed by atoms with E-state index in [4.69, 9.17) is 4.74 Å². The van der Waals surface area contributed by atoms with Crippen molar-refractivity contribution in [3.05, 3.63) is 53.9 Å². The number of hydrogen-bond acceptors (Lipinski definition) is 5. The van der Waals surface area contributed by atoms with Crippen molar-refractivity contribution >= 4 is 21.7 Å². The van der Waals surface area contributed by atoms with Crippen LogP contribution in [0.1, 0.15) is 48.0 Å². The summed E-state index contributed by atoms with van der Waals surface area (Å²) in [5.74, 6) is -0.756. The van der Waals surface area contributed by atoms with E-state index >= 15 is 0 Å². The number of nitrogens with zero attached hydrogens (tertiary/aromatic N) is 2. The molecule has 2 aliphatic rings. The summed E-state index contributed by atoms with van der Waals surface area (Å²) in [6, 6.07) is 8.81. The SMILES string of the molecule is Cc1ccc(C(=O)OCC(=O)N(C2CCCC2)C2CCS(=O)(=O)C2)cc1-n1cccc1. The van der Waals surface area contributed by atoms with E-state index in [1.54, 1.807) is 17.0 Å². The van der Waals surface area contributed by atoms with Gasteiger partial charge in [-0.05, 0) is 56.0 Å². The molecule has 0 radical (unpaired) electrons. The number of aryl methyl sites for hydroxylation is 1. The van der Waals surface area contributed by atoms with Gasteiger partial charge in [-0.2, -0.15) is 0 Å². The van der Waals surface area contributed by atoms with E-state index in [9.17, 15) is 18.0 Å². The highest BCUT2D eigenvalue weighted by atomic mass is 32.2. The Balaban J connectivity index is 1.45. The summed E-state index contributed by atoms with van der Waals surface area (Å²) in [5, 5.41) is 0. The molecule has 7 nitrogen and oxygen atoms in total. The van der Waals surface area contributed by atoms with E-state index in [2.05, 4.69) is 0 Å². The number of amides is 1. The highest BCUT2D eigenvalue weighted by molar-refractivity contribution is 7.91. The molecule has 1 unspecified atom stereocenters. The second kappa shape index (κ2) is 8.86. The summed E-state index contributed by atoms with van der Waals surface area (Å²) < 4.78 is 31.2. The zero-order chi connectivity index (χ0) is 22.0. The molecule has 0 spiro atoms. The van der Waals surface area contributed by atoms with Crippen LogP contribution in [0, 0.1) is 6.92 Å². The van der Waals surface area contributed by atoms with Crippen LogP contribution in [-0.4, -0.2) is 60.0 Å². The number of aromatic nitrogens is 1. The van der Waals surface area contributed by atoms with Gasteiger partial charge in [-0.3, -0.25) is 4.79 Å². The van der Waals surface area contributed by atoms with Crippen molar-refractivity contribution in [2.45, 2.75) is 51.1 Å². The second-order valence-electron chi connectivity index (χ2n) is 8.46. The predicted molar refractivity (Wildman–Crippen MR) is 117 cm³/mol. The molecule has 1 atom stereocenters. The van der Waals surface area contributed by atoms with Crippen LogP contribution in [0.2, 0.25) is 0 Å². The van der Waals surface area contributed by atoms with Crippen LogP contribution in [-0.2, 0) is 19.4 Å². The lowest BCUT2D eigenvalue weighted by Gasteiger charge is -2.33. The Morgan fingerprint density at radius 3 is 2.45 bits per heavy atom. The maximum atomic E-state index is 13.0. The molecule has 1 saturated heterocycles. The normalized spacial score (nSPS) is 20.6. The van der Waals surface area contributed by atoms with Crippen LogP contribution in [0.15, 0.2) is 42.7 Å². The molecule has 1 aromatic carbocycles. The minimum Gasteiger partial charge on any atom is -0.452 e. The van der Waals surface area contributed by atoms with Crippen molar-refractivity contribution in [3.8, 4) is 5.69 Å². The average Bonchev–Trinajstić information content (AvgIpc) is 3.49. The lowest BCUT2D eigenvalue weighted by molar-refractivity contribution is -0.139. The number of benzene rings is 1. The molecular formula is C23H28N2O5S. The lowest BCUT2D eigenvalue weighted by atomic mass is 10.1. The molecule has 8 heteroatoms. The second-order valence-corrected chi connectivity index (χ2v) is 10.7. The van der Waals surface area contributed by atoms with Gasteiger partial charge in [0.15, 0.2) is 16.4 Å². The summed E-state index contributed by atoms with van der Waals surface area (Å²) in [4.78, 5) is 27.4. The van der Waals surface area contributed by atoms with Crippen LogP contribution < -0.4 is 0 Å². The maximum Gasteiger partial charge on any atom is 0.338 e.